The molecule has 1 aliphatic heterocycles. The van der Waals surface area contributed by atoms with Gasteiger partial charge in [-0.05, 0) is 49.8 Å². The standard InChI is InChI=1S/C39H30OSi/c1-41(2)35-24-23-32-31-15-9-10-16-34(31)40-39(32)38(35)33-22-21-30(25-36(33)41)37(28-13-7-4-8-14-28)29-19-17-27(18-20-29)26-11-5-3-6-12-26/h3-25,37H,1-2H3. The zero-order valence-electron chi connectivity index (χ0n) is 23.3. The molecule has 1 aromatic heterocycles. The first-order chi connectivity index (χ1) is 20.1. The molecule has 8 rings (SSSR count). The minimum atomic E-state index is -1.94. The van der Waals surface area contributed by atoms with E-state index in [9.17, 15) is 0 Å². The summed E-state index contributed by atoms with van der Waals surface area (Å²) >= 11 is 0. The molecule has 1 nitrogen and oxygen atoms in total. The molecule has 0 N–H and O–H groups in total. The van der Waals surface area contributed by atoms with Gasteiger partial charge >= 0.3 is 0 Å². The van der Waals surface area contributed by atoms with Gasteiger partial charge in [0.2, 0.25) is 0 Å². The van der Waals surface area contributed by atoms with Crippen molar-refractivity contribution in [1.82, 2.24) is 0 Å². The van der Waals surface area contributed by atoms with Crippen molar-refractivity contribution in [1.29, 1.82) is 0 Å². The van der Waals surface area contributed by atoms with Gasteiger partial charge in [-0.15, -0.1) is 0 Å². The Morgan fingerprint density at radius 1 is 0.512 bits per heavy atom. The van der Waals surface area contributed by atoms with Gasteiger partial charge in [0.25, 0.3) is 0 Å². The Hall–Kier alpha value is -4.66. The molecule has 6 aromatic carbocycles. The number of hydrogen-bond donors (Lipinski definition) is 0. The van der Waals surface area contributed by atoms with Crippen LogP contribution < -0.4 is 10.4 Å². The van der Waals surface area contributed by atoms with Crippen LogP contribution in [0.15, 0.2) is 144 Å². The number of benzene rings is 6. The summed E-state index contributed by atoms with van der Waals surface area (Å²) in [5.74, 6) is 0.158. The molecule has 0 aliphatic carbocycles. The Morgan fingerprint density at radius 3 is 1.93 bits per heavy atom. The quantitative estimate of drug-likeness (QED) is 0.160. The highest BCUT2D eigenvalue weighted by atomic mass is 28.3. The van der Waals surface area contributed by atoms with E-state index in [-0.39, 0.29) is 5.92 Å². The van der Waals surface area contributed by atoms with Gasteiger partial charge in [0.05, 0.1) is 0 Å². The average molecular weight is 543 g/mol. The highest BCUT2D eigenvalue weighted by Crippen LogP contribution is 2.41. The Labute approximate surface area is 241 Å². The molecule has 2 heteroatoms. The van der Waals surface area contributed by atoms with E-state index in [1.165, 1.54) is 60.1 Å². The Bertz CT molecular complexity index is 2050. The second kappa shape index (κ2) is 9.19. The molecule has 0 spiro atoms. The molecular formula is C39H30OSi. The molecule has 1 aliphatic rings. The molecular weight excluding hydrogens is 513 g/mol. The fraction of sp³-hybridized carbons (Fsp3) is 0.0769. The Morgan fingerprint density at radius 2 is 1.15 bits per heavy atom. The van der Waals surface area contributed by atoms with E-state index in [1.54, 1.807) is 0 Å². The summed E-state index contributed by atoms with van der Waals surface area (Å²) in [5, 5.41) is 5.37. The van der Waals surface area contributed by atoms with Gasteiger partial charge in [-0.1, -0.05) is 147 Å². The zero-order valence-corrected chi connectivity index (χ0v) is 24.3. The van der Waals surface area contributed by atoms with Gasteiger partial charge in [-0.25, -0.2) is 0 Å². The van der Waals surface area contributed by atoms with Gasteiger partial charge in [0.1, 0.15) is 19.2 Å². The molecule has 1 unspecified atom stereocenters. The number of furan rings is 1. The van der Waals surface area contributed by atoms with Gasteiger partial charge in [0, 0.05) is 22.3 Å². The Balaban J connectivity index is 1.29. The first-order valence-electron chi connectivity index (χ1n) is 14.4. The number of para-hydroxylation sites is 1. The van der Waals surface area contributed by atoms with Crippen molar-refractivity contribution >= 4 is 40.4 Å². The van der Waals surface area contributed by atoms with Crippen molar-refractivity contribution < 1.29 is 4.42 Å². The van der Waals surface area contributed by atoms with E-state index >= 15 is 0 Å². The molecule has 41 heavy (non-hydrogen) atoms. The molecule has 0 saturated carbocycles. The monoisotopic (exact) mass is 542 g/mol. The maximum atomic E-state index is 6.53. The van der Waals surface area contributed by atoms with Crippen molar-refractivity contribution in [2.24, 2.45) is 0 Å². The first-order valence-corrected chi connectivity index (χ1v) is 17.4. The lowest BCUT2D eigenvalue weighted by molar-refractivity contribution is 0.670. The molecule has 7 aromatic rings. The van der Waals surface area contributed by atoms with Crippen molar-refractivity contribution in [2.75, 3.05) is 0 Å². The summed E-state index contributed by atoms with van der Waals surface area (Å²) in [4.78, 5) is 0. The third-order valence-electron chi connectivity index (χ3n) is 9.02. The SMILES string of the molecule is C[Si]1(C)c2cc(C(c3ccccc3)c3ccc(-c4ccccc4)cc3)ccc2-c2c1ccc1c2oc2ccccc21. The normalized spacial score (nSPS) is 14.2. The summed E-state index contributed by atoms with van der Waals surface area (Å²) < 4.78 is 6.53. The lowest BCUT2D eigenvalue weighted by Gasteiger charge is -2.23. The van der Waals surface area contributed by atoms with Crippen LogP contribution in [-0.2, 0) is 0 Å². The van der Waals surface area contributed by atoms with E-state index in [1.807, 2.05) is 0 Å². The smallest absolute Gasteiger partial charge is 0.143 e. The summed E-state index contributed by atoms with van der Waals surface area (Å²) in [6.07, 6.45) is 0. The molecule has 1 atom stereocenters. The van der Waals surface area contributed by atoms with Gasteiger partial charge in [-0.3, -0.25) is 0 Å². The van der Waals surface area contributed by atoms with Crippen LogP contribution in [0.3, 0.4) is 0 Å². The largest absolute Gasteiger partial charge is 0.455 e. The predicted octanol–water partition coefficient (Wildman–Crippen LogP) is 9.24. The Kier molecular flexibility index (Phi) is 5.41. The molecule has 0 fully saturated rings. The summed E-state index contributed by atoms with van der Waals surface area (Å²) in [6.45, 7) is 4.98. The van der Waals surface area contributed by atoms with Crippen LogP contribution >= 0.6 is 0 Å². The molecule has 0 bridgehead atoms. The van der Waals surface area contributed by atoms with Crippen LogP contribution in [-0.4, -0.2) is 8.07 Å². The molecule has 0 amide bonds. The molecule has 0 radical (unpaired) electrons. The number of hydrogen-bond acceptors (Lipinski definition) is 1. The molecule has 0 saturated heterocycles. The topological polar surface area (TPSA) is 13.1 Å². The molecule has 2 heterocycles. The maximum absolute atomic E-state index is 6.53. The third kappa shape index (κ3) is 3.75. The van der Waals surface area contributed by atoms with Crippen LogP contribution in [0.1, 0.15) is 22.6 Å². The van der Waals surface area contributed by atoms with Crippen LogP contribution in [0, 0.1) is 0 Å². The van der Waals surface area contributed by atoms with E-state index < -0.39 is 8.07 Å². The van der Waals surface area contributed by atoms with Crippen molar-refractivity contribution in [3.8, 4) is 22.3 Å². The van der Waals surface area contributed by atoms with Crippen molar-refractivity contribution in [2.45, 2.75) is 19.0 Å². The highest BCUT2D eigenvalue weighted by molar-refractivity contribution is 7.04. The number of fused-ring (bicyclic) bond motifs is 7. The van der Waals surface area contributed by atoms with Gasteiger partial charge in [0.15, 0.2) is 0 Å². The average Bonchev–Trinajstić information content (AvgIpc) is 3.51. The number of rotatable bonds is 4. The van der Waals surface area contributed by atoms with Crippen molar-refractivity contribution in [3.05, 3.63) is 156 Å². The fourth-order valence-corrected chi connectivity index (χ4v) is 9.99. The maximum Gasteiger partial charge on any atom is 0.143 e. The first kappa shape index (κ1) is 24.2. The third-order valence-corrected chi connectivity index (χ3v) is 12.5. The van der Waals surface area contributed by atoms with Gasteiger partial charge in [-0.2, -0.15) is 0 Å². The lowest BCUT2D eigenvalue weighted by Crippen LogP contribution is -2.49. The van der Waals surface area contributed by atoms with E-state index in [2.05, 4.69) is 153 Å². The van der Waals surface area contributed by atoms with E-state index in [4.69, 9.17) is 4.42 Å². The van der Waals surface area contributed by atoms with E-state index in [0.717, 1.165) is 11.2 Å². The highest BCUT2D eigenvalue weighted by Gasteiger charge is 2.40. The molecule has 196 valence electrons. The minimum Gasteiger partial charge on any atom is -0.455 e. The summed E-state index contributed by atoms with van der Waals surface area (Å²) in [5.41, 5.74) is 11.1. The van der Waals surface area contributed by atoms with Crippen LogP contribution in [0.25, 0.3) is 44.2 Å². The minimum absolute atomic E-state index is 0.158. The fourth-order valence-electron chi connectivity index (χ4n) is 6.92. The van der Waals surface area contributed by atoms with Gasteiger partial charge < -0.3 is 4.42 Å². The zero-order chi connectivity index (χ0) is 27.6. The summed E-state index contributed by atoms with van der Waals surface area (Å²) in [6, 6.07) is 51.0. The lowest BCUT2D eigenvalue weighted by atomic mass is 9.84. The summed E-state index contributed by atoms with van der Waals surface area (Å²) in [7, 11) is -1.94. The van der Waals surface area contributed by atoms with E-state index in [0.29, 0.717) is 0 Å². The second-order valence-corrected chi connectivity index (χ2v) is 16.1. The van der Waals surface area contributed by atoms with Crippen molar-refractivity contribution in [3.63, 3.8) is 0 Å². The second-order valence-electron chi connectivity index (χ2n) is 11.7. The van der Waals surface area contributed by atoms with Crippen LogP contribution in [0.4, 0.5) is 0 Å². The van der Waals surface area contributed by atoms with Crippen LogP contribution in [0.2, 0.25) is 13.1 Å². The van der Waals surface area contributed by atoms with Crippen LogP contribution in [0.5, 0.6) is 0 Å². The predicted molar refractivity (Wildman–Crippen MR) is 175 cm³/mol.